The number of esters is 1. The minimum atomic E-state index is -0.591. The van der Waals surface area contributed by atoms with Gasteiger partial charge >= 0.3 is 5.97 Å². The Bertz CT molecular complexity index is 330. The van der Waals surface area contributed by atoms with Gasteiger partial charge in [0.15, 0.2) is 0 Å². The van der Waals surface area contributed by atoms with Crippen LogP contribution in [0.2, 0.25) is 0 Å². The van der Waals surface area contributed by atoms with Gasteiger partial charge < -0.3 is 10.1 Å². The van der Waals surface area contributed by atoms with Crippen LogP contribution in [0.5, 0.6) is 0 Å². The number of pyridine rings is 1. The first-order chi connectivity index (χ1) is 6.63. The molecule has 0 amide bonds. The summed E-state index contributed by atoms with van der Waals surface area (Å²) in [6, 6.07) is 2.27. The molecule has 0 fully saturated rings. The molecule has 5 heteroatoms. The maximum Gasteiger partial charge on any atom is 0.327 e. The molecule has 0 aliphatic heterocycles. The van der Waals surface area contributed by atoms with E-state index in [1.807, 2.05) is 0 Å². The maximum absolute atomic E-state index is 12.6. The Kier molecular flexibility index (Phi) is 3.39. The van der Waals surface area contributed by atoms with Crippen molar-refractivity contribution in [1.82, 2.24) is 4.98 Å². The van der Waals surface area contributed by atoms with E-state index in [0.717, 1.165) is 0 Å². The lowest BCUT2D eigenvalue weighted by Crippen LogP contribution is -2.27. The summed E-state index contributed by atoms with van der Waals surface area (Å²) in [5.74, 6) is -0.991. The number of hydrogen-bond donors (Lipinski definition) is 1. The zero-order valence-corrected chi connectivity index (χ0v) is 7.95. The lowest BCUT2D eigenvalue weighted by Gasteiger charge is -2.12. The Balaban J connectivity index is 2.64. The van der Waals surface area contributed by atoms with Crippen molar-refractivity contribution in [1.29, 1.82) is 0 Å². The Hall–Kier alpha value is -1.65. The molecule has 1 aromatic rings. The molecule has 1 heterocycles. The van der Waals surface area contributed by atoms with E-state index in [1.54, 1.807) is 13.0 Å². The second-order valence-electron chi connectivity index (χ2n) is 2.76. The number of carbonyl (C=O) groups excluding carboxylic acids is 1. The fraction of sp³-hybridized carbons (Fsp3) is 0.333. The molecule has 14 heavy (non-hydrogen) atoms. The van der Waals surface area contributed by atoms with Crippen molar-refractivity contribution in [3.63, 3.8) is 0 Å². The smallest absolute Gasteiger partial charge is 0.327 e. The molecule has 0 saturated carbocycles. The van der Waals surface area contributed by atoms with Crippen LogP contribution in [0.3, 0.4) is 0 Å². The minimum Gasteiger partial charge on any atom is -0.467 e. The number of anilines is 1. The molecule has 4 nitrogen and oxygen atoms in total. The van der Waals surface area contributed by atoms with E-state index in [9.17, 15) is 9.18 Å². The first-order valence-electron chi connectivity index (χ1n) is 4.09. The Labute approximate surface area is 81.1 Å². The van der Waals surface area contributed by atoms with Gasteiger partial charge in [-0.25, -0.2) is 9.78 Å². The van der Waals surface area contributed by atoms with Crippen LogP contribution in [0.1, 0.15) is 6.92 Å². The predicted octanol–water partition coefficient (Wildman–Crippen LogP) is 1.19. The average molecular weight is 198 g/mol. The third kappa shape index (κ3) is 2.69. The molecule has 0 spiro atoms. The van der Waals surface area contributed by atoms with Gasteiger partial charge in [0.05, 0.1) is 7.11 Å². The van der Waals surface area contributed by atoms with Gasteiger partial charge in [-0.05, 0) is 13.0 Å². The van der Waals surface area contributed by atoms with E-state index >= 15 is 0 Å². The van der Waals surface area contributed by atoms with Crippen LogP contribution >= 0.6 is 0 Å². The molecular formula is C9H11FN2O2. The maximum atomic E-state index is 12.6. The van der Waals surface area contributed by atoms with Crippen molar-refractivity contribution in [3.8, 4) is 0 Å². The normalized spacial score (nSPS) is 11.9. The molecule has 0 aromatic carbocycles. The summed E-state index contributed by atoms with van der Waals surface area (Å²) in [5.41, 5.74) is 0.496. The molecule has 76 valence electrons. The summed E-state index contributed by atoms with van der Waals surface area (Å²) < 4.78 is 17.1. The topological polar surface area (TPSA) is 51.2 Å². The SMILES string of the molecule is COC(=O)C(C)Nc1ccnc(F)c1. The third-order valence-corrected chi connectivity index (χ3v) is 1.66. The van der Waals surface area contributed by atoms with Crippen molar-refractivity contribution in [2.45, 2.75) is 13.0 Å². The van der Waals surface area contributed by atoms with Crippen LogP contribution < -0.4 is 5.32 Å². The first-order valence-corrected chi connectivity index (χ1v) is 4.09. The quantitative estimate of drug-likeness (QED) is 0.585. The number of methoxy groups -OCH3 is 1. The van der Waals surface area contributed by atoms with E-state index < -0.39 is 18.0 Å². The molecule has 1 atom stereocenters. The molecule has 0 radical (unpaired) electrons. The summed E-state index contributed by atoms with van der Waals surface area (Å²) in [4.78, 5) is 14.4. The predicted molar refractivity (Wildman–Crippen MR) is 49.3 cm³/mol. The molecular weight excluding hydrogens is 187 g/mol. The van der Waals surface area contributed by atoms with Gasteiger partial charge in [0.25, 0.3) is 0 Å². The second-order valence-corrected chi connectivity index (χ2v) is 2.76. The van der Waals surface area contributed by atoms with Gasteiger partial charge in [0, 0.05) is 18.0 Å². The Morgan fingerprint density at radius 3 is 3.00 bits per heavy atom. The highest BCUT2D eigenvalue weighted by atomic mass is 19.1. The summed E-state index contributed by atoms with van der Waals surface area (Å²) in [7, 11) is 1.30. The molecule has 0 aliphatic rings. The van der Waals surface area contributed by atoms with E-state index in [0.29, 0.717) is 5.69 Å². The zero-order valence-electron chi connectivity index (χ0n) is 7.95. The largest absolute Gasteiger partial charge is 0.467 e. The van der Waals surface area contributed by atoms with Crippen molar-refractivity contribution in [2.24, 2.45) is 0 Å². The van der Waals surface area contributed by atoms with Crippen LogP contribution in [0, 0.1) is 5.95 Å². The number of aromatic nitrogens is 1. The summed E-state index contributed by atoms with van der Waals surface area (Å²) in [5, 5.41) is 2.78. The average Bonchev–Trinajstić information content (AvgIpc) is 2.16. The highest BCUT2D eigenvalue weighted by molar-refractivity contribution is 5.78. The molecule has 0 saturated heterocycles. The number of nitrogens with one attached hydrogen (secondary N) is 1. The van der Waals surface area contributed by atoms with Crippen molar-refractivity contribution >= 4 is 11.7 Å². The molecule has 1 aromatic heterocycles. The van der Waals surface area contributed by atoms with Crippen molar-refractivity contribution in [3.05, 3.63) is 24.3 Å². The van der Waals surface area contributed by atoms with E-state index in [-0.39, 0.29) is 0 Å². The van der Waals surface area contributed by atoms with Crippen LogP contribution in [0.15, 0.2) is 18.3 Å². The van der Waals surface area contributed by atoms with Gasteiger partial charge in [0.1, 0.15) is 6.04 Å². The highest BCUT2D eigenvalue weighted by Crippen LogP contribution is 2.08. The molecule has 0 bridgehead atoms. The Morgan fingerprint density at radius 2 is 2.43 bits per heavy atom. The number of rotatable bonds is 3. The highest BCUT2D eigenvalue weighted by Gasteiger charge is 2.12. The first kappa shape index (κ1) is 10.4. The molecule has 1 unspecified atom stereocenters. The zero-order chi connectivity index (χ0) is 10.6. The van der Waals surface area contributed by atoms with E-state index in [2.05, 4.69) is 15.0 Å². The van der Waals surface area contributed by atoms with Crippen LogP contribution in [-0.4, -0.2) is 24.1 Å². The summed E-state index contributed by atoms with van der Waals surface area (Å²) >= 11 is 0. The van der Waals surface area contributed by atoms with Gasteiger partial charge in [-0.2, -0.15) is 4.39 Å². The number of halogens is 1. The van der Waals surface area contributed by atoms with Crippen molar-refractivity contribution in [2.75, 3.05) is 12.4 Å². The standard InChI is InChI=1S/C9H11FN2O2/c1-6(9(13)14-2)12-7-3-4-11-8(10)5-7/h3-6H,1-2H3,(H,11,12). The lowest BCUT2D eigenvalue weighted by molar-refractivity contribution is -0.141. The minimum absolute atomic E-state index is 0.401. The second kappa shape index (κ2) is 4.55. The number of hydrogen-bond acceptors (Lipinski definition) is 4. The lowest BCUT2D eigenvalue weighted by atomic mass is 10.3. The monoisotopic (exact) mass is 198 g/mol. The van der Waals surface area contributed by atoms with E-state index in [1.165, 1.54) is 19.4 Å². The summed E-state index contributed by atoms with van der Waals surface area (Å²) in [6.07, 6.45) is 1.32. The van der Waals surface area contributed by atoms with Gasteiger partial charge in [-0.15, -0.1) is 0 Å². The molecule has 1 N–H and O–H groups in total. The number of nitrogens with zero attached hydrogens (tertiary/aromatic N) is 1. The van der Waals surface area contributed by atoms with Gasteiger partial charge in [-0.1, -0.05) is 0 Å². The summed E-state index contributed by atoms with van der Waals surface area (Å²) in [6.45, 7) is 1.63. The Morgan fingerprint density at radius 1 is 1.71 bits per heavy atom. The number of carbonyl (C=O) groups is 1. The third-order valence-electron chi connectivity index (χ3n) is 1.66. The van der Waals surface area contributed by atoms with Crippen LogP contribution in [0.4, 0.5) is 10.1 Å². The fourth-order valence-corrected chi connectivity index (χ4v) is 0.978. The number of ether oxygens (including phenoxy) is 1. The van der Waals surface area contributed by atoms with Gasteiger partial charge in [0.2, 0.25) is 5.95 Å². The fourth-order valence-electron chi connectivity index (χ4n) is 0.978. The van der Waals surface area contributed by atoms with Gasteiger partial charge in [-0.3, -0.25) is 0 Å². The van der Waals surface area contributed by atoms with Crippen LogP contribution in [-0.2, 0) is 9.53 Å². The van der Waals surface area contributed by atoms with Crippen LogP contribution in [0.25, 0.3) is 0 Å². The molecule has 1 rings (SSSR count). The molecule has 0 aliphatic carbocycles. The van der Waals surface area contributed by atoms with Crippen molar-refractivity contribution < 1.29 is 13.9 Å². The van der Waals surface area contributed by atoms with E-state index in [4.69, 9.17) is 0 Å².